The zero-order valence-electron chi connectivity index (χ0n) is 13.1. The molecule has 1 unspecified atom stereocenters. The third-order valence-electron chi connectivity index (χ3n) is 4.01. The van der Waals surface area contributed by atoms with Crippen LogP contribution in [0, 0.1) is 5.92 Å². The summed E-state index contributed by atoms with van der Waals surface area (Å²) in [5.74, 6) is 1.26. The van der Waals surface area contributed by atoms with E-state index in [1.54, 1.807) is 36.5 Å². The summed E-state index contributed by atoms with van der Waals surface area (Å²) in [5.41, 5.74) is 0.825. The topological polar surface area (TPSA) is 92.3 Å². The SMILES string of the molecule is CN(CC(O)C1CC1)C(=O)CCc1nc(-c2ccncc2)no1. The van der Waals surface area contributed by atoms with Gasteiger partial charge in [-0.3, -0.25) is 9.78 Å². The molecule has 122 valence electrons. The van der Waals surface area contributed by atoms with Gasteiger partial charge in [-0.05, 0) is 30.9 Å². The first-order chi connectivity index (χ1) is 11.1. The molecule has 1 fully saturated rings. The molecule has 2 aromatic rings. The molecular formula is C16H20N4O3. The predicted molar refractivity (Wildman–Crippen MR) is 82.2 cm³/mol. The molecule has 0 saturated heterocycles. The molecule has 1 amide bonds. The second-order valence-electron chi connectivity index (χ2n) is 5.93. The van der Waals surface area contributed by atoms with Crippen molar-refractivity contribution in [2.75, 3.05) is 13.6 Å². The second kappa shape index (κ2) is 6.87. The van der Waals surface area contributed by atoms with Crippen molar-refractivity contribution in [2.24, 2.45) is 5.92 Å². The van der Waals surface area contributed by atoms with Gasteiger partial charge in [-0.2, -0.15) is 4.98 Å². The molecule has 0 aliphatic heterocycles. The van der Waals surface area contributed by atoms with Crippen LogP contribution >= 0.6 is 0 Å². The predicted octanol–water partition coefficient (Wildman–Crippen LogP) is 1.29. The standard InChI is InChI=1S/C16H20N4O3/c1-20(10-13(21)11-2-3-11)15(22)5-4-14-18-16(19-23-14)12-6-8-17-9-7-12/h6-9,11,13,21H,2-5,10H2,1H3. The Bertz CT molecular complexity index is 654. The van der Waals surface area contributed by atoms with E-state index in [4.69, 9.17) is 4.52 Å². The fourth-order valence-electron chi connectivity index (χ4n) is 2.39. The molecule has 1 N–H and O–H groups in total. The zero-order valence-corrected chi connectivity index (χ0v) is 13.1. The van der Waals surface area contributed by atoms with Crippen LogP contribution in [0.15, 0.2) is 29.0 Å². The largest absolute Gasteiger partial charge is 0.391 e. The molecule has 0 aromatic carbocycles. The highest BCUT2D eigenvalue weighted by molar-refractivity contribution is 5.76. The Kier molecular flexibility index (Phi) is 4.66. The Morgan fingerprint density at radius 2 is 2.17 bits per heavy atom. The normalized spacial score (nSPS) is 15.4. The molecule has 7 heteroatoms. The number of carbonyl (C=O) groups excluding carboxylic acids is 1. The Morgan fingerprint density at radius 1 is 1.43 bits per heavy atom. The minimum atomic E-state index is -0.411. The lowest BCUT2D eigenvalue weighted by Crippen LogP contribution is -2.35. The van der Waals surface area contributed by atoms with E-state index in [0.717, 1.165) is 18.4 Å². The number of aromatic nitrogens is 3. The summed E-state index contributed by atoms with van der Waals surface area (Å²) < 4.78 is 5.18. The third-order valence-corrected chi connectivity index (χ3v) is 4.01. The van der Waals surface area contributed by atoms with Crippen LogP contribution in [-0.4, -0.2) is 50.7 Å². The minimum Gasteiger partial charge on any atom is -0.391 e. The molecule has 1 aliphatic rings. The average molecular weight is 316 g/mol. The summed E-state index contributed by atoms with van der Waals surface area (Å²) >= 11 is 0. The maximum atomic E-state index is 12.1. The molecule has 0 radical (unpaired) electrons. The van der Waals surface area contributed by atoms with Crippen LogP contribution in [0.4, 0.5) is 0 Å². The fourth-order valence-corrected chi connectivity index (χ4v) is 2.39. The number of aryl methyl sites for hydroxylation is 1. The lowest BCUT2D eigenvalue weighted by atomic mass is 10.2. The van der Waals surface area contributed by atoms with Gasteiger partial charge in [0.05, 0.1) is 6.10 Å². The highest BCUT2D eigenvalue weighted by Gasteiger charge is 2.31. The summed E-state index contributed by atoms with van der Waals surface area (Å²) in [6.07, 6.45) is 5.70. The Labute approximate surface area is 134 Å². The van der Waals surface area contributed by atoms with Gasteiger partial charge < -0.3 is 14.5 Å². The smallest absolute Gasteiger partial charge is 0.227 e. The molecule has 0 spiro atoms. The van der Waals surface area contributed by atoms with Crippen LogP contribution in [0.5, 0.6) is 0 Å². The van der Waals surface area contributed by atoms with E-state index in [1.807, 2.05) is 0 Å². The molecule has 2 aromatic heterocycles. The molecular weight excluding hydrogens is 296 g/mol. The van der Waals surface area contributed by atoms with Crippen molar-refractivity contribution >= 4 is 5.91 Å². The van der Waals surface area contributed by atoms with Gasteiger partial charge in [0.25, 0.3) is 0 Å². The van der Waals surface area contributed by atoms with Gasteiger partial charge in [0.2, 0.25) is 17.6 Å². The maximum absolute atomic E-state index is 12.1. The first-order valence-corrected chi connectivity index (χ1v) is 7.78. The Balaban J connectivity index is 1.50. The van der Waals surface area contributed by atoms with E-state index in [0.29, 0.717) is 30.6 Å². The summed E-state index contributed by atoms with van der Waals surface area (Å²) in [6, 6.07) is 3.60. The number of aliphatic hydroxyl groups is 1. The Hall–Kier alpha value is -2.28. The van der Waals surface area contributed by atoms with Crippen LogP contribution in [0.1, 0.15) is 25.2 Å². The summed E-state index contributed by atoms with van der Waals surface area (Å²) in [7, 11) is 1.71. The van der Waals surface area contributed by atoms with E-state index in [9.17, 15) is 9.90 Å². The summed E-state index contributed by atoms with van der Waals surface area (Å²) in [4.78, 5) is 21.9. The van der Waals surface area contributed by atoms with E-state index in [-0.39, 0.29) is 12.3 Å². The number of pyridine rings is 1. The van der Waals surface area contributed by atoms with Crippen LogP contribution in [0.3, 0.4) is 0 Å². The lowest BCUT2D eigenvalue weighted by molar-refractivity contribution is -0.131. The molecule has 1 saturated carbocycles. The first kappa shape index (κ1) is 15.6. The lowest BCUT2D eigenvalue weighted by Gasteiger charge is -2.20. The van der Waals surface area contributed by atoms with Crippen LogP contribution in [0.25, 0.3) is 11.4 Å². The monoisotopic (exact) mass is 316 g/mol. The number of aliphatic hydroxyl groups excluding tert-OH is 1. The number of amides is 1. The molecule has 3 rings (SSSR count). The van der Waals surface area contributed by atoms with E-state index in [2.05, 4.69) is 15.1 Å². The molecule has 7 nitrogen and oxygen atoms in total. The van der Waals surface area contributed by atoms with Gasteiger partial charge in [-0.15, -0.1) is 0 Å². The van der Waals surface area contributed by atoms with Crippen molar-refractivity contribution in [1.82, 2.24) is 20.0 Å². The minimum absolute atomic E-state index is 0.0339. The molecule has 2 heterocycles. The molecule has 1 aliphatic carbocycles. The number of likely N-dealkylation sites (N-methyl/N-ethyl adjacent to an activating group) is 1. The van der Waals surface area contributed by atoms with Gasteiger partial charge in [0.1, 0.15) is 0 Å². The third kappa shape index (κ3) is 4.13. The zero-order chi connectivity index (χ0) is 16.2. The van der Waals surface area contributed by atoms with Gasteiger partial charge in [-0.25, -0.2) is 0 Å². The van der Waals surface area contributed by atoms with Crippen molar-refractivity contribution < 1.29 is 14.4 Å². The van der Waals surface area contributed by atoms with Gasteiger partial charge in [0.15, 0.2) is 0 Å². The fraction of sp³-hybridized carbons (Fsp3) is 0.500. The van der Waals surface area contributed by atoms with Crippen LogP contribution < -0.4 is 0 Å². The van der Waals surface area contributed by atoms with Crippen molar-refractivity contribution in [2.45, 2.75) is 31.8 Å². The second-order valence-corrected chi connectivity index (χ2v) is 5.93. The van der Waals surface area contributed by atoms with E-state index in [1.165, 1.54) is 0 Å². The Morgan fingerprint density at radius 3 is 2.87 bits per heavy atom. The van der Waals surface area contributed by atoms with Crippen molar-refractivity contribution in [1.29, 1.82) is 0 Å². The van der Waals surface area contributed by atoms with E-state index >= 15 is 0 Å². The van der Waals surface area contributed by atoms with Gasteiger partial charge >= 0.3 is 0 Å². The molecule has 1 atom stereocenters. The summed E-state index contributed by atoms with van der Waals surface area (Å²) in [6.45, 7) is 0.385. The van der Waals surface area contributed by atoms with Gasteiger partial charge in [0, 0.05) is 44.4 Å². The van der Waals surface area contributed by atoms with Gasteiger partial charge in [-0.1, -0.05) is 5.16 Å². The summed E-state index contributed by atoms with van der Waals surface area (Å²) in [5, 5.41) is 13.8. The molecule has 0 bridgehead atoms. The quantitative estimate of drug-likeness (QED) is 0.827. The molecule has 23 heavy (non-hydrogen) atoms. The number of nitrogens with zero attached hydrogens (tertiary/aromatic N) is 4. The highest BCUT2D eigenvalue weighted by Crippen LogP contribution is 2.32. The first-order valence-electron chi connectivity index (χ1n) is 7.78. The van der Waals surface area contributed by atoms with Crippen molar-refractivity contribution in [3.05, 3.63) is 30.4 Å². The maximum Gasteiger partial charge on any atom is 0.227 e. The van der Waals surface area contributed by atoms with Crippen molar-refractivity contribution in [3.63, 3.8) is 0 Å². The number of rotatable bonds is 7. The highest BCUT2D eigenvalue weighted by atomic mass is 16.5. The number of hydrogen-bond acceptors (Lipinski definition) is 6. The number of carbonyl (C=O) groups is 1. The van der Waals surface area contributed by atoms with Crippen LogP contribution in [0.2, 0.25) is 0 Å². The van der Waals surface area contributed by atoms with E-state index < -0.39 is 6.10 Å². The average Bonchev–Trinajstić information content (AvgIpc) is 3.32. The number of hydrogen-bond donors (Lipinski definition) is 1. The van der Waals surface area contributed by atoms with Crippen LogP contribution in [-0.2, 0) is 11.2 Å². The van der Waals surface area contributed by atoms with Crippen molar-refractivity contribution in [3.8, 4) is 11.4 Å².